The van der Waals surface area contributed by atoms with Gasteiger partial charge in [0.15, 0.2) is 0 Å². The molecule has 3 nitrogen and oxygen atoms in total. The first-order chi connectivity index (χ1) is 25.3. The molecular weight excluding hydrogens is 619 g/mol. The van der Waals surface area contributed by atoms with E-state index in [0.29, 0.717) is 0 Å². The summed E-state index contributed by atoms with van der Waals surface area (Å²) in [5.41, 5.74) is 15.1. The van der Waals surface area contributed by atoms with Crippen LogP contribution in [0.2, 0.25) is 0 Å². The summed E-state index contributed by atoms with van der Waals surface area (Å²) in [4.78, 5) is 3.69. The van der Waals surface area contributed by atoms with E-state index in [9.17, 15) is 0 Å². The van der Waals surface area contributed by atoms with E-state index in [4.69, 9.17) is 0 Å². The van der Waals surface area contributed by atoms with Crippen molar-refractivity contribution in [3.05, 3.63) is 188 Å². The maximum absolute atomic E-state index is 3.69. The number of nitrogens with zero attached hydrogens (tertiary/aromatic N) is 1. The SMILES string of the molecule is c1ccc(Nc2ccccc2-c2cccc(-c3ccc4c(c3)c3cc5c(cc3n4-c3cccc(-c4ccccc4)c3)[nH]c3ccccc35)c2)cc1. The molecule has 0 atom stereocenters. The van der Waals surface area contributed by atoms with Gasteiger partial charge in [0.1, 0.15) is 0 Å². The molecule has 0 unspecified atom stereocenters. The molecule has 0 spiro atoms. The van der Waals surface area contributed by atoms with Crippen molar-refractivity contribution in [2.24, 2.45) is 0 Å². The van der Waals surface area contributed by atoms with E-state index in [2.05, 4.69) is 197 Å². The number of H-pyrrole nitrogens is 1. The van der Waals surface area contributed by atoms with Crippen LogP contribution < -0.4 is 5.32 Å². The highest BCUT2D eigenvalue weighted by molar-refractivity contribution is 6.18. The lowest BCUT2D eigenvalue weighted by atomic mass is 9.97. The number of nitrogens with one attached hydrogen (secondary N) is 2. The minimum Gasteiger partial charge on any atom is -0.355 e. The highest BCUT2D eigenvalue weighted by atomic mass is 15.0. The van der Waals surface area contributed by atoms with Crippen LogP contribution in [-0.2, 0) is 0 Å². The average molecular weight is 652 g/mol. The molecule has 0 bridgehead atoms. The second-order valence-electron chi connectivity index (χ2n) is 13.2. The Hall–Kier alpha value is -6.84. The Balaban J connectivity index is 1.16. The minimum absolute atomic E-state index is 1.07. The van der Waals surface area contributed by atoms with Crippen LogP contribution in [0.4, 0.5) is 11.4 Å². The number of hydrogen-bond acceptors (Lipinski definition) is 1. The zero-order chi connectivity index (χ0) is 33.7. The molecule has 3 heteroatoms. The van der Waals surface area contributed by atoms with E-state index in [-0.39, 0.29) is 0 Å². The molecule has 2 heterocycles. The third kappa shape index (κ3) is 5.06. The summed E-state index contributed by atoms with van der Waals surface area (Å²) in [5.74, 6) is 0. The van der Waals surface area contributed by atoms with Gasteiger partial charge in [-0.2, -0.15) is 0 Å². The molecule has 2 aromatic heterocycles. The van der Waals surface area contributed by atoms with Gasteiger partial charge in [0.05, 0.1) is 11.0 Å². The standard InChI is InChI=1S/C48H33N3/c1-3-13-32(14-4-1)34-16-12-20-38(28-34)51-47-26-25-35(29-42(47)43-30-41-40-22-8-10-24-45(40)50-46(41)31-48(43)51)33-15-11-17-36(27-33)39-21-7-9-23-44(39)49-37-18-5-2-6-19-37/h1-31,49-50H. The number of fused-ring (bicyclic) bond motifs is 6. The molecule has 2 N–H and O–H groups in total. The zero-order valence-electron chi connectivity index (χ0n) is 27.8. The van der Waals surface area contributed by atoms with Crippen LogP contribution in [-0.4, -0.2) is 9.55 Å². The fraction of sp³-hybridized carbons (Fsp3) is 0. The van der Waals surface area contributed by atoms with E-state index in [1.165, 1.54) is 66.0 Å². The van der Waals surface area contributed by atoms with Crippen LogP contribution in [0.5, 0.6) is 0 Å². The van der Waals surface area contributed by atoms with Gasteiger partial charge in [0.25, 0.3) is 0 Å². The van der Waals surface area contributed by atoms with Crippen LogP contribution in [0.3, 0.4) is 0 Å². The van der Waals surface area contributed by atoms with Crippen molar-refractivity contribution in [1.82, 2.24) is 9.55 Å². The third-order valence-electron chi connectivity index (χ3n) is 10.1. The maximum atomic E-state index is 3.69. The fourth-order valence-electron chi connectivity index (χ4n) is 7.66. The normalized spacial score (nSPS) is 11.5. The maximum Gasteiger partial charge on any atom is 0.0562 e. The summed E-state index contributed by atoms with van der Waals surface area (Å²) in [6.07, 6.45) is 0. The molecule has 0 saturated heterocycles. The number of aromatic amines is 1. The van der Waals surface area contributed by atoms with Gasteiger partial charge in [0, 0.05) is 55.2 Å². The summed E-state index contributed by atoms with van der Waals surface area (Å²) >= 11 is 0. The Morgan fingerprint density at radius 1 is 0.373 bits per heavy atom. The number of anilines is 2. The first-order valence-corrected chi connectivity index (χ1v) is 17.4. The minimum atomic E-state index is 1.07. The van der Waals surface area contributed by atoms with Crippen molar-refractivity contribution in [2.75, 3.05) is 5.32 Å². The Bertz CT molecular complexity index is 2880. The number of hydrogen-bond donors (Lipinski definition) is 2. The summed E-state index contributed by atoms with van der Waals surface area (Å²) < 4.78 is 2.42. The van der Waals surface area contributed by atoms with E-state index in [1.54, 1.807) is 0 Å². The molecule has 51 heavy (non-hydrogen) atoms. The van der Waals surface area contributed by atoms with Crippen LogP contribution in [0.1, 0.15) is 0 Å². The van der Waals surface area contributed by atoms with Gasteiger partial charge in [-0.15, -0.1) is 0 Å². The summed E-state index contributed by atoms with van der Waals surface area (Å²) in [6.45, 7) is 0. The number of para-hydroxylation sites is 3. The third-order valence-corrected chi connectivity index (χ3v) is 10.1. The van der Waals surface area contributed by atoms with Gasteiger partial charge < -0.3 is 14.9 Å². The summed E-state index contributed by atoms with van der Waals surface area (Å²) in [5, 5.41) is 8.58. The van der Waals surface area contributed by atoms with Crippen molar-refractivity contribution < 1.29 is 0 Å². The van der Waals surface area contributed by atoms with Crippen molar-refractivity contribution >= 4 is 55.0 Å². The quantitative estimate of drug-likeness (QED) is 0.184. The molecule has 0 aliphatic heterocycles. The van der Waals surface area contributed by atoms with Crippen LogP contribution in [0.25, 0.3) is 82.7 Å². The highest BCUT2D eigenvalue weighted by Gasteiger charge is 2.17. The topological polar surface area (TPSA) is 32.8 Å². The molecule has 0 amide bonds. The molecule has 8 aromatic carbocycles. The van der Waals surface area contributed by atoms with Gasteiger partial charge >= 0.3 is 0 Å². The van der Waals surface area contributed by atoms with Gasteiger partial charge in [-0.1, -0.05) is 121 Å². The van der Waals surface area contributed by atoms with Crippen molar-refractivity contribution in [3.63, 3.8) is 0 Å². The Kier molecular flexibility index (Phi) is 6.81. The molecule has 0 fully saturated rings. The zero-order valence-corrected chi connectivity index (χ0v) is 27.8. The Labute approximate surface area is 296 Å². The predicted molar refractivity (Wildman–Crippen MR) is 216 cm³/mol. The predicted octanol–water partition coefficient (Wildman–Crippen LogP) is 13.2. The van der Waals surface area contributed by atoms with Gasteiger partial charge in [-0.25, -0.2) is 0 Å². The number of rotatable bonds is 6. The lowest BCUT2D eigenvalue weighted by Gasteiger charge is -2.14. The average Bonchev–Trinajstić information content (AvgIpc) is 3.72. The van der Waals surface area contributed by atoms with E-state index in [1.807, 2.05) is 6.07 Å². The lowest BCUT2D eigenvalue weighted by molar-refractivity contribution is 1.18. The summed E-state index contributed by atoms with van der Waals surface area (Å²) in [6, 6.07) is 67.6. The van der Waals surface area contributed by atoms with Crippen molar-refractivity contribution in [1.29, 1.82) is 0 Å². The summed E-state index contributed by atoms with van der Waals surface area (Å²) in [7, 11) is 0. The van der Waals surface area contributed by atoms with E-state index in [0.717, 1.165) is 28.1 Å². The molecule has 10 aromatic rings. The second-order valence-corrected chi connectivity index (χ2v) is 13.2. The van der Waals surface area contributed by atoms with Gasteiger partial charge in [-0.05, 0) is 94.5 Å². The molecule has 0 aliphatic carbocycles. The molecule has 0 aliphatic rings. The first kappa shape index (κ1) is 29.1. The Morgan fingerprint density at radius 2 is 1.04 bits per heavy atom. The monoisotopic (exact) mass is 651 g/mol. The van der Waals surface area contributed by atoms with E-state index < -0.39 is 0 Å². The highest BCUT2D eigenvalue weighted by Crippen LogP contribution is 2.40. The molecule has 0 saturated carbocycles. The Morgan fingerprint density at radius 3 is 1.92 bits per heavy atom. The van der Waals surface area contributed by atoms with Crippen molar-refractivity contribution in [2.45, 2.75) is 0 Å². The smallest absolute Gasteiger partial charge is 0.0562 e. The molecular formula is C48H33N3. The lowest BCUT2D eigenvalue weighted by Crippen LogP contribution is -1.94. The fourth-order valence-corrected chi connectivity index (χ4v) is 7.66. The van der Waals surface area contributed by atoms with Crippen LogP contribution in [0.15, 0.2) is 188 Å². The molecule has 0 radical (unpaired) electrons. The van der Waals surface area contributed by atoms with Crippen molar-refractivity contribution in [3.8, 4) is 39.1 Å². The van der Waals surface area contributed by atoms with Gasteiger partial charge in [0.2, 0.25) is 0 Å². The van der Waals surface area contributed by atoms with E-state index >= 15 is 0 Å². The molecule has 10 rings (SSSR count). The number of aromatic nitrogens is 2. The van der Waals surface area contributed by atoms with Crippen LogP contribution in [0, 0.1) is 0 Å². The number of benzene rings is 8. The second kappa shape index (κ2) is 11.9. The first-order valence-electron chi connectivity index (χ1n) is 17.4. The van der Waals surface area contributed by atoms with Crippen LogP contribution >= 0.6 is 0 Å². The van der Waals surface area contributed by atoms with Gasteiger partial charge in [-0.3, -0.25) is 0 Å². The molecule has 240 valence electrons. The largest absolute Gasteiger partial charge is 0.355 e.